The second-order valence-electron chi connectivity index (χ2n) is 14.7. The zero-order chi connectivity index (χ0) is 37.6. The molecule has 0 N–H and O–H groups in total. The molecule has 0 atom stereocenters. The van der Waals surface area contributed by atoms with E-state index in [9.17, 15) is 14.4 Å². The zero-order valence-electron chi connectivity index (χ0n) is 33.5. The fourth-order valence-electron chi connectivity index (χ4n) is 6.26. The largest absolute Gasteiger partial charge is 0.462 e. The van der Waals surface area contributed by atoms with Crippen molar-refractivity contribution in [2.24, 2.45) is 0 Å². The Kier molecular flexibility index (Phi) is 33.4. The van der Waals surface area contributed by atoms with E-state index in [0.717, 1.165) is 103 Å². The fraction of sp³-hybridized carbons (Fsp3) is 0.756. The minimum absolute atomic E-state index is 0.0211. The lowest BCUT2D eigenvalue weighted by molar-refractivity contribution is -0.152. The number of esters is 3. The van der Waals surface area contributed by atoms with Crippen LogP contribution >= 0.6 is 0 Å². The molecule has 298 valence electrons. The van der Waals surface area contributed by atoms with Crippen LogP contribution in [-0.2, 0) is 28.6 Å². The third-order valence-corrected chi connectivity index (χ3v) is 9.40. The third-order valence-electron chi connectivity index (χ3n) is 9.40. The van der Waals surface area contributed by atoms with Crippen LogP contribution in [0.25, 0.3) is 0 Å². The van der Waals surface area contributed by atoms with Gasteiger partial charge >= 0.3 is 17.9 Å². The predicted octanol–water partition coefficient (Wildman–Crippen LogP) is 11.7. The van der Waals surface area contributed by atoms with Gasteiger partial charge in [-0.15, -0.1) is 0 Å². The number of rotatable bonds is 5. The van der Waals surface area contributed by atoms with Crippen molar-refractivity contribution in [2.45, 2.75) is 186 Å². The van der Waals surface area contributed by atoms with Gasteiger partial charge in [-0.05, 0) is 130 Å². The van der Waals surface area contributed by atoms with Crippen molar-refractivity contribution in [3.05, 3.63) is 48.6 Å². The maximum Gasteiger partial charge on any atom is 0.306 e. The second-order valence-corrected chi connectivity index (χ2v) is 14.7. The van der Waals surface area contributed by atoms with Gasteiger partial charge in [0.25, 0.3) is 0 Å². The molecule has 0 saturated heterocycles. The SMILES string of the molecule is CN(C)CCCC(=O)OC1CCCCCCCC/C=C\C/C=C\CCCCC(=O)OCCOC(=O)CCCC/C=C\C/C=C\CCCCCCCC1. The summed E-state index contributed by atoms with van der Waals surface area (Å²) in [5.74, 6) is -0.469. The van der Waals surface area contributed by atoms with Crippen molar-refractivity contribution in [3.8, 4) is 0 Å². The molecule has 7 nitrogen and oxygen atoms in total. The molecule has 1 heterocycles. The van der Waals surface area contributed by atoms with Crippen LogP contribution in [0, 0.1) is 0 Å². The van der Waals surface area contributed by atoms with E-state index in [0.29, 0.717) is 19.3 Å². The molecule has 7 heteroatoms. The number of carbonyl (C=O) groups is 3. The highest BCUT2D eigenvalue weighted by Gasteiger charge is 2.14. The molecule has 0 aliphatic carbocycles. The monoisotopic (exact) mass is 728 g/mol. The van der Waals surface area contributed by atoms with Gasteiger partial charge in [0, 0.05) is 19.3 Å². The van der Waals surface area contributed by atoms with Crippen molar-refractivity contribution in [1.29, 1.82) is 0 Å². The van der Waals surface area contributed by atoms with Crippen molar-refractivity contribution >= 4 is 17.9 Å². The Morgan fingerprint density at radius 3 is 1.38 bits per heavy atom. The Balaban J connectivity index is 2.44. The van der Waals surface area contributed by atoms with Crippen LogP contribution in [0.4, 0.5) is 0 Å². The van der Waals surface area contributed by atoms with Crippen molar-refractivity contribution in [2.75, 3.05) is 33.9 Å². The molecule has 1 aliphatic heterocycles. The highest BCUT2D eigenvalue weighted by molar-refractivity contribution is 5.70. The normalized spacial score (nSPS) is 22.8. The molecule has 52 heavy (non-hydrogen) atoms. The average Bonchev–Trinajstić information content (AvgIpc) is 3.12. The minimum atomic E-state index is -0.224. The number of hydrogen-bond acceptors (Lipinski definition) is 7. The van der Waals surface area contributed by atoms with Crippen LogP contribution < -0.4 is 0 Å². The van der Waals surface area contributed by atoms with Crippen LogP contribution in [0.5, 0.6) is 0 Å². The molecule has 0 saturated carbocycles. The molecule has 0 spiro atoms. The van der Waals surface area contributed by atoms with Crippen molar-refractivity contribution < 1.29 is 28.6 Å². The van der Waals surface area contributed by atoms with E-state index in [-0.39, 0.29) is 37.2 Å². The van der Waals surface area contributed by atoms with Crippen LogP contribution in [0.3, 0.4) is 0 Å². The summed E-state index contributed by atoms with van der Waals surface area (Å²) in [6.45, 7) is 1.18. The summed E-state index contributed by atoms with van der Waals surface area (Å²) in [4.78, 5) is 38.6. The molecular formula is C45H77NO6. The zero-order valence-corrected chi connectivity index (χ0v) is 33.5. The number of cyclic esters (lactones) is 2. The van der Waals surface area contributed by atoms with Gasteiger partial charge in [-0.3, -0.25) is 14.4 Å². The van der Waals surface area contributed by atoms with Gasteiger partial charge in [0.1, 0.15) is 19.3 Å². The Labute approximate surface area is 319 Å². The molecular weight excluding hydrogens is 650 g/mol. The van der Waals surface area contributed by atoms with Crippen molar-refractivity contribution in [3.63, 3.8) is 0 Å². The number of hydrogen-bond donors (Lipinski definition) is 0. The van der Waals surface area contributed by atoms with Gasteiger partial charge in [-0.1, -0.05) is 100.0 Å². The highest BCUT2D eigenvalue weighted by atomic mass is 16.6. The van der Waals surface area contributed by atoms with Crippen LogP contribution in [0.2, 0.25) is 0 Å². The topological polar surface area (TPSA) is 82.1 Å². The van der Waals surface area contributed by atoms with Gasteiger partial charge in [-0.2, -0.15) is 0 Å². The number of ether oxygens (including phenoxy) is 3. The minimum Gasteiger partial charge on any atom is -0.462 e. The summed E-state index contributed by atoms with van der Waals surface area (Å²) < 4.78 is 16.4. The van der Waals surface area contributed by atoms with Crippen LogP contribution in [0.1, 0.15) is 180 Å². The van der Waals surface area contributed by atoms with E-state index in [2.05, 4.69) is 53.5 Å². The average molecular weight is 728 g/mol. The fourth-order valence-corrected chi connectivity index (χ4v) is 6.26. The summed E-state index contributed by atoms with van der Waals surface area (Å²) in [5.41, 5.74) is 0. The first-order valence-corrected chi connectivity index (χ1v) is 21.2. The molecule has 0 fully saturated rings. The second kappa shape index (κ2) is 36.7. The van der Waals surface area contributed by atoms with Gasteiger partial charge in [0.05, 0.1) is 0 Å². The summed E-state index contributed by atoms with van der Waals surface area (Å²) in [5, 5.41) is 0. The lowest BCUT2D eigenvalue weighted by Crippen LogP contribution is -2.20. The molecule has 1 aliphatic rings. The molecule has 0 aromatic rings. The van der Waals surface area contributed by atoms with Gasteiger partial charge in [-0.25, -0.2) is 0 Å². The Bertz CT molecular complexity index is 920. The van der Waals surface area contributed by atoms with E-state index in [1.165, 1.54) is 64.2 Å². The Morgan fingerprint density at radius 2 is 0.962 bits per heavy atom. The van der Waals surface area contributed by atoms with Crippen LogP contribution in [0.15, 0.2) is 48.6 Å². The quantitative estimate of drug-likeness (QED) is 0.158. The number of allylic oxidation sites excluding steroid dienone is 8. The molecule has 0 aromatic carbocycles. The summed E-state index contributed by atoms with van der Waals surface area (Å²) in [7, 11) is 4.09. The molecule has 0 radical (unpaired) electrons. The molecule has 0 amide bonds. The first-order chi connectivity index (χ1) is 25.5. The lowest BCUT2D eigenvalue weighted by atomic mass is 10.0. The molecule has 0 unspecified atom stereocenters. The smallest absolute Gasteiger partial charge is 0.306 e. The van der Waals surface area contributed by atoms with Gasteiger partial charge < -0.3 is 19.1 Å². The van der Waals surface area contributed by atoms with Gasteiger partial charge in [0.15, 0.2) is 0 Å². The first-order valence-electron chi connectivity index (χ1n) is 21.2. The summed E-state index contributed by atoms with van der Waals surface area (Å²) in [6.07, 6.45) is 46.6. The molecule has 1 rings (SSSR count). The van der Waals surface area contributed by atoms with Crippen molar-refractivity contribution in [1.82, 2.24) is 4.90 Å². The lowest BCUT2D eigenvalue weighted by Gasteiger charge is -2.18. The maximum absolute atomic E-state index is 12.6. The predicted molar refractivity (Wildman–Crippen MR) is 216 cm³/mol. The standard InChI is InChI=1S/C45H77NO6/c1-46(2)39-33-38-45(49)52-42-34-29-25-21-17-13-9-5-3-7-11-15-19-23-27-31-36-43(47)50-40-41-51-44(48)37-32-28-24-20-16-12-8-4-6-10-14-18-22-26-30-35-42/h3-4,7-8,15-16,19-20,42H,5-6,9-14,17-18,21-41H2,1-2H3/b7-3-,8-4-,19-15-,20-16-. The first kappa shape index (κ1) is 47.4. The summed E-state index contributed by atoms with van der Waals surface area (Å²) >= 11 is 0. The molecule has 0 bridgehead atoms. The van der Waals surface area contributed by atoms with Crippen LogP contribution in [-0.4, -0.2) is 62.8 Å². The third kappa shape index (κ3) is 34.4. The summed E-state index contributed by atoms with van der Waals surface area (Å²) in [6, 6.07) is 0. The number of nitrogens with zero attached hydrogens (tertiary/aromatic N) is 1. The van der Waals surface area contributed by atoms with E-state index in [4.69, 9.17) is 14.2 Å². The maximum atomic E-state index is 12.6. The highest BCUT2D eigenvalue weighted by Crippen LogP contribution is 2.18. The van der Waals surface area contributed by atoms with E-state index in [1.54, 1.807) is 0 Å². The van der Waals surface area contributed by atoms with Gasteiger partial charge in [0.2, 0.25) is 0 Å². The van der Waals surface area contributed by atoms with E-state index < -0.39 is 0 Å². The Morgan fingerprint density at radius 1 is 0.577 bits per heavy atom. The number of carbonyl (C=O) groups excluding carboxylic acids is 3. The van der Waals surface area contributed by atoms with E-state index >= 15 is 0 Å². The van der Waals surface area contributed by atoms with E-state index in [1.807, 2.05) is 14.1 Å². The Hall–Kier alpha value is -2.67. The molecule has 0 aromatic heterocycles.